The highest BCUT2D eigenvalue weighted by Gasteiger charge is 2.09. The van der Waals surface area contributed by atoms with Crippen LogP contribution in [0.25, 0.3) is 0 Å². The Kier molecular flexibility index (Phi) is 5.41. The van der Waals surface area contributed by atoms with Crippen molar-refractivity contribution in [3.8, 4) is 5.75 Å². The molecule has 0 unspecified atom stereocenters. The van der Waals surface area contributed by atoms with Crippen LogP contribution in [-0.2, 0) is 4.79 Å². The van der Waals surface area contributed by atoms with Gasteiger partial charge >= 0.3 is 5.97 Å². The van der Waals surface area contributed by atoms with Crippen molar-refractivity contribution in [2.75, 3.05) is 5.32 Å². The van der Waals surface area contributed by atoms with E-state index < -0.39 is 0 Å². The second-order valence-electron chi connectivity index (χ2n) is 4.44. The van der Waals surface area contributed by atoms with Gasteiger partial charge in [-0.05, 0) is 30.3 Å². The van der Waals surface area contributed by atoms with Crippen LogP contribution in [0, 0.1) is 0 Å². The van der Waals surface area contributed by atoms with Gasteiger partial charge in [-0.15, -0.1) is 0 Å². The number of rotatable bonds is 4. The lowest BCUT2D eigenvalue weighted by Crippen LogP contribution is -2.12. The largest absolute Gasteiger partial charge is 0.426 e. The normalized spacial score (nSPS) is 10.1. The van der Waals surface area contributed by atoms with Crippen molar-refractivity contribution in [3.63, 3.8) is 0 Å². The molecule has 0 saturated heterocycles. The maximum Gasteiger partial charge on any atom is 0.310 e. The van der Waals surface area contributed by atoms with Gasteiger partial charge in [0.2, 0.25) is 0 Å². The number of carbonyl (C=O) groups is 2. The molecule has 22 heavy (non-hydrogen) atoms. The van der Waals surface area contributed by atoms with E-state index in [0.717, 1.165) is 0 Å². The van der Waals surface area contributed by atoms with Crippen LogP contribution in [-0.4, -0.2) is 11.9 Å². The lowest BCUT2D eigenvalue weighted by molar-refractivity contribution is -0.134. The zero-order valence-electron chi connectivity index (χ0n) is 11.7. The molecular weight excluding hydrogens is 325 g/mol. The molecule has 4 nitrogen and oxygen atoms in total. The zero-order chi connectivity index (χ0) is 16.1. The standard InChI is InChI=1S/C16H13Cl2NO3/c1-2-15(20)22-12-5-3-4-11(9-12)19-16(21)10-6-7-13(17)14(18)8-10/h3-9H,2H2,1H3,(H,19,21). The van der Waals surface area contributed by atoms with Crippen LogP contribution in [0.3, 0.4) is 0 Å². The molecule has 0 heterocycles. The molecule has 2 rings (SSSR count). The molecule has 1 N–H and O–H groups in total. The Hall–Kier alpha value is -2.04. The quantitative estimate of drug-likeness (QED) is 0.657. The van der Waals surface area contributed by atoms with Gasteiger partial charge in [0.1, 0.15) is 5.75 Å². The third-order valence-electron chi connectivity index (χ3n) is 2.79. The first-order valence-electron chi connectivity index (χ1n) is 6.56. The molecule has 0 atom stereocenters. The maximum atomic E-state index is 12.1. The van der Waals surface area contributed by atoms with E-state index in [1.165, 1.54) is 6.07 Å². The maximum absolute atomic E-state index is 12.1. The number of nitrogens with one attached hydrogen (secondary N) is 1. The van der Waals surface area contributed by atoms with Gasteiger partial charge in [-0.25, -0.2) is 0 Å². The summed E-state index contributed by atoms with van der Waals surface area (Å²) in [6.45, 7) is 1.71. The Morgan fingerprint density at radius 2 is 1.86 bits per heavy atom. The van der Waals surface area contributed by atoms with Gasteiger partial charge in [0.15, 0.2) is 0 Å². The van der Waals surface area contributed by atoms with Crippen molar-refractivity contribution in [1.82, 2.24) is 0 Å². The van der Waals surface area contributed by atoms with E-state index in [4.69, 9.17) is 27.9 Å². The minimum absolute atomic E-state index is 0.278. The van der Waals surface area contributed by atoms with Crippen LogP contribution in [0.1, 0.15) is 23.7 Å². The predicted molar refractivity (Wildman–Crippen MR) is 86.8 cm³/mol. The Morgan fingerprint density at radius 3 is 2.55 bits per heavy atom. The summed E-state index contributed by atoms with van der Waals surface area (Å²) in [5.74, 6) is -0.302. The third kappa shape index (κ3) is 4.23. The minimum atomic E-state index is -0.340. The molecule has 1 amide bonds. The van der Waals surface area contributed by atoms with Crippen molar-refractivity contribution in [3.05, 3.63) is 58.1 Å². The van der Waals surface area contributed by atoms with E-state index in [0.29, 0.717) is 27.0 Å². The summed E-state index contributed by atoms with van der Waals surface area (Å²) in [7, 11) is 0. The summed E-state index contributed by atoms with van der Waals surface area (Å²) < 4.78 is 5.10. The molecule has 0 aliphatic rings. The average molecular weight is 338 g/mol. The number of anilines is 1. The fraction of sp³-hybridized carbons (Fsp3) is 0.125. The van der Waals surface area contributed by atoms with E-state index in [-0.39, 0.29) is 18.3 Å². The smallest absolute Gasteiger partial charge is 0.310 e. The first-order chi connectivity index (χ1) is 10.5. The second-order valence-corrected chi connectivity index (χ2v) is 5.25. The summed E-state index contributed by atoms with van der Waals surface area (Å²) in [6.07, 6.45) is 0.278. The summed E-state index contributed by atoms with van der Waals surface area (Å²) in [6, 6.07) is 11.2. The van der Waals surface area contributed by atoms with Gasteiger partial charge in [-0.3, -0.25) is 9.59 Å². The van der Waals surface area contributed by atoms with Gasteiger partial charge in [0.05, 0.1) is 10.0 Å². The Bertz CT molecular complexity index is 716. The summed E-state index contributed by atoms with van der Waals surface area (Å²) in [4.78, 5) is 23.4. The van der Waals surface area contributed by atoms with E-state index >= 15 is 0 Å². The second kappa shape index (κ2) is 7.29. The Labute approximate surface area is 138 Å². The first-order valence-corrected chi connectivity index (χ1v) is 7.32. The molecule has 0 radical (unpaired) electrons. The van der Waals surface area contributed by atoms with Gasteiger partial charge < -0.3 is 10.1 Å². The van der Waals surface area contributed by atoms with E-state index in [9.17, 15) is 9.59 Å². The highest BCUT2D eigenvalue weighted by molar-refractivity contribution is 6.42. The SMILES string of the molecule is CCC(=O)Oc1cccc(NC(=O)c2ccc(Cl)c(Cl)c2)c1. The monoisotopic (exact) mass is 337 g/mol. The minimum Gasteiger partial charge on any atom is -0.426 e. The van der Waals surface area contributed by atoms with Crippen molar-refractivity contribution in [2.24, 2.45) is 0 Å². The number of amides is 1. The zero-order valence-corrected chi connectivity index (χ0v) is 13.2. The number of benzene rings is 2. The molecule has 0 spiro atoms. The summed E-state index contributed by atoms with van der Waals surface area (Å²) >= 11 is 11.7. The molecule has 2 aromatic rings. The highest BCUT2D eigenvalue weighted by atomic mass is 35.5. The molecule has 0 aliphatic heterocycles. The van der Waals surface area contributed by atoms with Crippen LogP contribution < -0.4 is 10.1 Å². The fourth-order valence-electron chi connectivity index (χ4n) is 1.68. The lowest BCUT2D eigenvalue weighted by atomic mass is 10.2. The molecule has 114 valence electrons. The fourth-order valence-corrected chi connectivity index (χ4v) is 1.98. The molecule has 0 fully saturated rings. The van der Waals surface area contributed by atoms with E-state index in [2.05, 4.69) is 5.32 Å². The Morgan fingerprint density at radius 1 is 1.09 bits per heavy atom. The molecular formula is C16H13Cl2NO3. The predicted octanol–water partition coefficient (Wildman–Crippen LogP) is 4.56. The lowest BCUT2D eigenvalue weighted by Gasteiger charge is -2.08. The molecule has 0 bridgehead atoms. The number of carbonyl (C=O) groups excluding carboxylic acids is 2. The van der Waals surface area contributed by atoms with Crippen LogP contribution in [0.15, 0.2) is 42.5 Å². The number of hydrogen-bond acceptors (Lipinski definition) is 3. The van der Waals surface area contributed by atoms with Gasteiger partial charge in [0, 0.05) is 23.7 Å². The first kappa shape index (κ1) is 16.3. The van der Waals surface area contributed by atoms with Gasteiger partial charge in [0.25, 0.3) is 5.91 Å². The van der Waals surface area contributed by atoms with Crippen molar-refractivity contribution >= 4 is 40.8 Å². The van der Waals surface area contributed by atoms with Crippen molar-refractivity contribution in [1.29, 1.82) is 0 Å². The topological polar surface area (TPSA) is 55.4 Å². The van der Waals surface area contributed by atoms with Gasteiger partial charge in [-0.1, -0.05) is 36.2 Å². The number of halogens is 2. The van der Waals surface area contributed by atoms with E-state index in [1.54, 1.807) is 43.3 Å². The third-order valence-corrected chi connectivity index (χ3v) is 3.53. The van der Waals surface area contributed by atoms with Crippen molar-refractivity contribution < 1.29 is 14.3 Å². The van der Waals surface area contributed by atoms with E-state index in [1.807, 2.05) is 0 Å². The van der Waals surface area contributed by atoms with Crippen LogP contribution in [0.2, 0.25) is 10.0 Å². The molecule has 0 aromatic heterocycles. The number of hydrogen-bond donors (Lipinski definition) is 1. The molecule has 6 heteroatoms. The van der Waals surface area contributed by atoms with Crippen LogP contribution >= 0.6 is 23.2 Å². The molecule has 0 saturated carbocycles. The van der Waals surface area contributed by atoms with Crippen LogP contribution in [0.4, 0.5) is 5.69 Å². The highest BCUT2D eigenvalue weighted by Crippen LogP contribution is 2.24. The number of ether oxygens (including phenoxy) is 1. The molecule has 2 aromatic carbocycles. The van der Waals surface area contributed by atoms with Gasteiger partial charge in [-0.2, -0.15) is 0 Å². The van der Waals surface area contributed by atoms with Crippen molar-refractivity contribution in [2.45, 2.75) is 13.3 Å². The number of esters is 1. The summed E-state index contributed by atoms with van der Waals surface area (Å²) in [5, 5.41) is 3.39. The average Bonchev–Trinajstić information content (AvgIpc) is 2.50. The molecule has 0 aliphatic carbocycles. The summed E-state index contributed by atoms with van der Waals surface area (Å²) in [5.41, 5.74) is 0.892. The van der Waals surface area contributed by atoms with Crippen LogP contribution in [0.5, 0.6) is 5.75 Å². The Balaban J connectivity index is 2.12.